The summed E-state index contributed by atoms with van der Waals surface area (Å²) >= 11 is 0. The van der Waals surface area contributed by atoms with E-state index in [0.717, 1.165) is 5.56 Å². The molecule has 2 N–H and O–H groups in total. The molecule has 3 aromatic rings. The number of benzene rings is 3. The monoisotopic (exact) mass is 432 g/mol. The summed E-state index contributed by atoms with van der Waals surface area (Å²) < 4.78 is 10.6. The minimum absolute atomic E-state index is 0.110. The van der Waals surface area contributed by atoms with Crippen LogP contribution in [0.4, 0.5) is 11.4 Å². The number of esters is 1. The van der Waals surface area contributed by atoms with E-state index >= 15 is 0 Å². The first-order valence-corrected chi connectivity index (χ1v) is 10.1. The fourth-order valence-corrected chi connectivity index (χ4v) is 2.84. The van der Waals surface area contributed by atoms with Crippen LogP contribution < -0.4 is 20.1 Å². The Hall–Kier alpha value is -4.13. The molecule has 0 aliphatic heterocycles. The number of carbonyl (C=O) groups is 3. The fraction of sp³-hybridized carbons (Fsp3) is 0.160. The molecule has 0 saturated heterocycles. The largest absolute Gasteiger partial charge is 0.484 e. The number of hydrogen-bond acceptors (Lipinski definition) is 5. The van der Waals surface area contributed by atoms with Crippen LogP contribution in [0.3, 0.4) is 0 Å². The zero-order valence-electron chi connectivity index (χ0n) is 17.9. The summed E-state index contributed by atoms with van der Waals surface area (Å²) in [4.78, 5) is 36.2. The van der Waals surface area contributed by atoms with Crippen molar-refractivity contribution < 1.29 is 23.9 Å². The predicted molar refractivity (Wildman–Crippen MR) is 122 cm³/mol. The van der Waals surface area contributed by atoms with Gasteiger partial charge in [-0.2, -0.15) is 0 Å². The summed E-state index contributed by atoms with van der Waals surface area (Å²) in [6, 6.07) is 20.7. The molecule has 32 heavy (non-hydrogen) atoms. The molecular weight excluding hydrogens is 408 g/mol. The second kappa shape index (κ2) is 10.8. The van der Waals surface area contributed by atoms with E-state index in [0.29, 0.717) is 28.4 Å². The van der Waals surface area contributed by atoms with Crippen molar-refractivity contribution in [1.82, 2.24) is 0 Å². The van der Waals surface area contributed by atoms with Crippen LogP contribution in [-0.4, -0.2) is 24.4 Å². The minimum Gasteiger partial charge on any atom is -0.484 e. The Balaban J connectivity index is 1.59. The average molecular weight is 432 g/mol. The Morgan fingerprint density at radius 1 is 0.844 bits per heavy atom. The van der Waals surface area contributed by atoms with Gasteiger partial charge >= 0.3 is 5.97 Å². The molecule has 7 heteroatoms. The minimum atomic E-state index is -0.370. The van der Waals surface area contributed by atoms with E-state index in [1.807, 2.05) is 25.1 Å². The maximum Gasteiger partial charge on any atom is 0.310 e. The number of rotatable bonds is 8. The molecule has 2 amide bonds. The number of hydrogen-bond donors (Lipinski definition) is 2. The number of carbonyl (C=O) groups excluding carboxylic acids is 3. The maximum atomic E-state index is 12.6. The molecule has 0 aliphatic rings. The van der Waals surface area contributed by atoms with Crippen LogP contribution in [0.2, 0.25) is 0 Å². The molecule has 3 rings (SSSR count). The van der Waals surface area contributed by atoms with Crippen molar-refractivity contribution in [3.05, 3.63) is 83.9 Å². The van der Waals surface area contributed by atoms with Gasteiger partial charge in [0.05, 0.1) is 0 Å². The Morgan fingerprint density at radius 2 is 1.59 bits per heavy atom. The molecule has 0 atom stereocenters. The molecule has 0 radical (unpaired) electrons. The topological polar surface area (TPSA) is 93.7 Å². The predicted octanol–water partition coefficient (Wildman–Crippen LogP) is 4.58. The van der Waals surface area contributed by atoms with Gasteiger partial charge in [-0.05, 0) is 61.0 Å². The third-order valence-electron chi connectivity index (χ3n) is 4.49. The van der Waals surface area contributed by atoms with Gasteiger partial charge in [0.2, 0.25) is 0 Å². The molecule has 0 aliphatic carbocycles. The summed E-state index contributed by atoms with van der Waals surface area (Å²) in [5.41, 5.74) is 2.33. The highest BCUT2D eigenvalue weighted by molar-refractivity contribution is 6.04. The number of para-hydroxylation sites is 1. The molecular formula is C25H24N2O5. The van der Waals surface area contributed by atoms with Crippen LogP contribution in [0.5, 0.6) is 11.5 Å². The summed E-state index contributed by atoms with van der Waals surface area (Å²) in [6.45, 7) is 3.42. The number of ether oxygens (including phenoxy) is 2. The summed E-state index contributed by atoms with van der Waals surface area (Å²) in [6.07, 6.45) is 0.247. The summed E-state index contributed by atoms with van der Waals surface area (Å²) in [5.74, 6) is -0.0635. The van der Waals surface area contributed by atoms with Crippen molar-refractivity contribution in [2.24, 2.45) is 0 Å². The lowest BCUT2D eigenvalue weighted by atomic mass is 10.1. The van der Waals surface area contributed by atoms with Crippen molar-refractivity contribution in [2.75, 3.05) is 17.2 Å². The van der Waals surface area contributed by atoms with Gasteiger partial charge in [0.25, 0.3) is 11.8 Å². The van der Waals surface area contributed by atoms with Crippen LogP contribution in [0.15, 0.2) is 72.8 Å². The lowest BCUT2D eigenvalue weighted by Gasteiger charge is -2.12. The quantitative estimate of drug-likeness (QED) is 0.401. The van der Waals surface area contributed by atoms with Gasteiger partial charge in [-0.3, -0.25) is 14.4 Å². The van der Waals surface area contributed by atoms with Crippen LogP contribution >= 0.6 is 0 Å². The molecule has 0 heterocycles. The number of aryl methyl sites for hydroxylation is 1. The second-order valence-corrected chi connectivity index (χ2v) is 6.99. The van der Waals surface area contributed by atoms with E-state index < -0.39 is 0 Å². The summed E-state index contributed by atoms with van der Waals surface area (Å²) in [5, 5.41) is 5.60. The average Bonchev–Trinajstić information content (AvgIpc) is 2.80. The Morgan fingerprint density at radius 3 is 2.31 bits per heavy atom. The second-order valence-electron chi connectivity index (χ2n) is 6.99. The van der Waals surface area contributed by atoms with Crippen molar-refractivity contribution in [2.45, 2.75) is 20.3 Å². The van der Waals surface area contributed by atoms with Crippen molar-refractivity contribution in [3.63, 3.8) is 0 Å². The SMILES string of the molecule is CCC(=O)Oc1cccc(C(=O)Nc2ccc(NC(=O)COc3ccccc3)c(C)c2)c1. The highest BCUT2D eigenvalue weighted by Crippen LogP contribution is 2.21. The molecule has 0 saturated carbocycles. The van der Waals surface area contributed by atoms with Crippen molar-refractivity contribution >= 4 is 29.2 Å². The van der Waals surface area contributed by atoms with E-state index in [2.05, 4.69) is 10.6 Å². The van der Waals surface area contributed by atoms with Gasteiger partial charge in [0, 0.05) is 23.4 Å². The molecule has 0 unspecified atom stereocenters. The smallest absolute Gasteiger partial charge is 0.310 e. The van der Waals surface area contributed by atoms with Gasteiger partial charge in [0.15, 0.2) is 6.61 Å². The molecule has 3 aromatic carbocycles. The molecule has 0 spiro atoms. The van der Waals surface area contributed by atoms with E-state index in [1.54, 1.807) is 55.5 Å². The Kier molecular flexibility index (Phi) is 7.59. The zero-order valence-corrected chi connectivity index (χ0v) is 17.9. The summed E-state index contributed by atoms with van der Waals surface area (Å²) in [7, 11) is 0. The Bertz CT molecular complexity index is 1110. The maximum absolute atomic E-state index is 12.6. The van der Waals surface area contributed by atoms with Crippen LogP contribution in [0, 0.1) is 6.92 Å². The van der Waals surface area contributed by atoms with Crippen molar-refractivity contribution in [3.8, 4) is 11.5 Å². The fourth-order valence-electron chi connectivity index (χ4n) is 2.84. The Labute approximate surface area is 186 Å². The number of nitrogens with one attached hydrogen (secondary N) is 2. The van der Waals surface area contributed by atoms with E-state index in [9.17, 15) is 14.4 Å². The first kappa shape index (κ1) is 22.6. The van der Waals surface area contributed by atoms with Gasteiger partial charge in [-0.1, -0.05) is 31.2 Å². The first-order chi connectivity index (χ1) is 15.4. The third-order valence-corrected chi connectivity index (χ3v) is 4.49. The normalized spacial score (nSPS) is 10.2. The van der Waals surface area contributed by atoms with Crippen LogP contribution in [-0.2, 0) is 9.59 Å². The lowest BCUT2D eigenvalue weighted by molar-refractivity contribution is -0.134. The third kappa shape index (κ3) is 6.43. The van der Waals surface area contributed by atoms with Gasteiger partial charge in [-0.25, -0.2) is 0 Å². The molecule has 7 nitrogen and oxygen atoms in total. The number of amides is 2. The van der Waals surface area contributed by atoms with E-state index in [4.69, 9.17) is 9.47 Å². The zero-order chi connectivity index (χ0) is 22.9. The molecule has 0 fully saturated rings. The van der Waals surface area contributed by atoms with E-state index in [1.165, 1.54) is 6.07 Å². The van der Waals surface area contributed by atoms with Crippen molar-refractivity contribution in [1.29, 1.82) is 0 Å². The van der Waals surface area contributed by atoms with Gasteiger partial charge in [0.1, 0.15) is 11.5 Å². The molecule has 0 aromatic heterocycles. The van der Waals surface area contributed by atoms with Crippen LogP contribution in [0.1, 0.15) is 29.3 Å². The molecule has 0 bridgehead atoms. The van der Waals surface area contributed by atoms with Crippen LogP contribution in [0.25, 0.3) is 0 Å². The van der Waals surface area contributed by atoms with Gasteiger partial charge < -0.3 is 20.1 Å². The number of anilines is 2. The molecule has 164 valence electrons. The first-order valence-electron chi connectivity index (χ1n) is 10.1. The van der Waals surface area contributed by atoms with Gasteiger partial charge in [-0.15, -0.1) is 0 Å². The highest BCUT2D eigenvalue weighted by atomic mass is 16.5. The van der Waals surface area contributed by atoms with E-state index in [-0.39, 0.29) is 30.8 Å². The highest BCUT2D eigenvalue weighted by Gasteiger charge is 2.11. The standard InChI is InChI=1S/C25H24N2O5/c1-3-24(29)32-21-11-7-8-18(15-21)25(30)26-19-12-13-22(17(2)14-19)27-23(28)16-31-20-9-5-4-6-10-20/h4-15H,3,16H2,1-2H3,(H,26,30)(H,27,28). The lowest BCUT2D eigenvalue weighted by Crippen LogP contribution is -2.20.